The van der Waals surface area contributed by atoms with E-state index in [1.54, 1.807) is 59.3 Å². The summed E-state index contributed by atoms with van der Waals surface area (Å²) in [5.41, 5.74) is -7.55. The third kappa shape index (κ3) is 11.2. The minimum atomic E-state index is -4.64. The van der Waals surface area contributed by atoms with Crippen molar-refractivity contribution in [2.75, 3.05) is 0 Å². The Morgan fingerprint density at radius 2 is 1.21 bits per heavy atom. The van der Waals surface area contributed by atoms with E-state index < -0.39 is 109 Å². The average Bonchev–Trinajstić information content (AvgIpc) is 1.40. The number of nitrogens with zero attached hydrogens (tertiary/aromatic N) is 4. The first-order valence-corrected chi connectivity index (χ1v) is 28.3. The quantitative estimate of drug-likeness (QED) is 0.112. The molecular weight excluding hydrogens is 1220 g/mol. The van der Waals surface area contributed by atoms with E-state index >= 15 is 0 Å². The van der Waals surface area contributed by atoms with Crippen molar-refractivity contribution in [3.8, 4) is 62.1 Å². The molecule has 0 amide bonds. The number of para-hydroxylation sites is 1. The van der Waals surface area contributed by atoms with Gasteiger partial charge in [-0.25, -0.2) is 4.98 Å². The van der Waals surface area contributed by atoms with Crippen molar-refractivity contribution in [2.24, 2.45) is 0 Å². The van der Waals surface area contributed by atoms with Gasteiger partial charge < -0.3 is 13.9 Å². The van der Waals surface area contributed by atoms with Crippen LogP contribution in [0.5, 0.6) is 11.5 Å². The van der Waals surface area contributed by atoms with Crippen LogP contribution in [0.2, 0.25) is 0 Å². The van der Waals surface area contributed by atoms with Gasteiger partial charge in [0.15, 0.2) is 0 Å². The third-order valence-corrected chi connectivity index (χ3v) is 15.9. The summed E-state index contributed by atoms with van der Waals surface area (Å²) < 4.78 is 217. The second-order valence-electron chi connectivity index (χ2n) is 26.4. The molecule has 85 heavy (non-hydrogen) atoms. The zero-order valence-electron chi connectivity index (χ0n) is 71.9. The second kappa shape index (κ2) is 21.3. The number of rotatable bonds is 8. The van der Waals surface area contributed by atoms with Gasteiger partial charge in [0.2, 0.25) is 0 Å². The van der Waals surface area contributed by atoms with Gasteiger partial charge in [-0.2, -0.15) is 18.2 Å². The summed E-state index contributed by atoms with van der Waals surface area (Å²) in [5, 5.41) is 1.85. The van der Waals surface area contributed by atoms with E-state index in [1.807, 2.05) is 79.9 Å². The smallest absolute Gasteiger partial charge is 0.268 e. The molecule has 6 heteroatoms. The molecule has 436 valence electrons. The summed E-state index contributed by atoms with van der Waals surface area (Å²) in [6.45, 7) is 4.45. The van der Waals surface area contributed by atoms with Crippen LogP contribution in [-0.4, -0.2) is 14.1 Å². The SMILES string of the molecule is [2H]c1c([2H])c2c(c([2H])c1-c1cc(C([2H])([2H])[2H])cc(-c3cccc(C(C)(C)C)c3)c1-[n+]1[c-]n(-c3[c-]c(Oc4[c-]c5c(cc4)c4ccccc4n5-c4cc(C(C)(C)C)ccn4)ccc3)c3cc(-c4cc(C(C)(C)C)cc(C(C)(C)C)c4)ccc31)C(C([2H])([2H])[2H])(C([2H])([2H])[2H])C([2H])([2H])C([2H])([2H])C2(C([2H])([2H])[2H])C([2H])([2H])[2H].[Pt]. The van der Waals surface area contributed by atoms with Crippen LogP contribution in [-0.2, 0) is 53.6 Å². The van der Waals surface area contributed by atoms with Crippen molar-refractivity contribution in [2.45, 2.75) is 163 Å². The fourth-order valence-corrected chi connectivity index (χ4v) is 11.1. The summed E-state index contributed by atoms with van der Waals surface area (Å²) in [7, 11) is 0. The van der Waals surface area contributed by atoms with E-state index in [0.29, 0.717) is 39.4 Å². The number of aryl methyl sites for hydroxylation is 1. The van der Waals surface area contributed by atoms with Crippen LogP contribution in [0.15, 0.2) is 164 Å². The first kappa shape index (κ1) is 38.0. The molecule has 0 fully saturated rings. The third-order valence-electron chi connectivity index (χ3n) is 15.9. The Labute approximate surface area is 551 Å². The molecule has 11 aromatic rings. The molecule has 0 saturated carbocycles. The van der Waals surface area contributed by atoms with E-state index in [4.69, 9.17) is 30.3 Å². The van der Waals surface area contributed by atoms with E-state index in [1.165, 1.54) is 10.6 Å². The maximum atomic E-state index is 10.6. The minimum absolute atomic E-state index is 0. The summed E-state index contributed by atoms with van der Waals surface area (Å²) in [5.74, 6) is 1.18. The van der Waals surface area contributed by atoms with Gasteiger partial charge in [0.1, 0.15) is 5.82 Å². The monoisotopic (exact) mass is 1320 g/mol. The number of fused-ring (bicyclic) bond motifs is 5. The van der Waals surface area contributed by atoms with Crippen molar-refractivity contribution in [3.63, 3.8) is 0 Å². The Balaban J connectivity index is 0.0000114. The van der Waals surface area contributed by atoms with Crippen LogP contribution >= 0.6 is 0 Å². The molecule has 0 aliphatic heterocycles. The number of hydrogen-bond acceptors (Lipinski definition) is 2. The Hall–Kier alpha value is -7.33. The molecule has 0 saturated heterocycles. The molecule has 0 bridgehead atoms. The molecule has 5 nitrogen and oxygen atoms in total. The van der Waals surface area contributed by atoms with Gasteiger partial charge in [0.05, 0.1) is 20.8 Å². The molecule has 0 unspecified atom stereocenters. The van der Waals surface area contributed by atoms with Crippen molar-refractivity contribution < 1.29 is 60.5 Å². The first-order valence-electron chi connectivity index (χ1n) is 39.3. The molecule has 3 heterocycles. The molecular formula is C79H82N4OPt-2. The Kier molecular flexibility index (Phi) is 9.50. The molecule has 0 atom stereocenters. The zero-order chi connectivity index (χ0) is 78.3. The fraction of sp³-hybridized carbons (Fsp3) is 0.316. The molecule has 1 aliphatic carbocycles. The van der Waals surface area contributed by atoms with Gasteiger partial charge in [-0.1, -0.05) is 225 Å². The maximum Gasteiger partial charge on any atom is 0.268 e. The molecule has 3 aromatic heterocycles. The Morgan fingerprint density at radius 1 is 0.565 bits per heavy atom. The number of imidazole rings is 1. The van der Waals surface area contributed by atoms with Crippen LogP contribution in [0.3, 0.4) is 0 Å². The Bertz CT molecular complexity index is 5310. The number of hydrogen-bond donors (Lipinski definition) is 0. The number of aromatic nitrogens is 4. The van der Waals surface area contributed by atoms with Gasteiger partial charge in [-0.3, -0.25) is 4.57 Å². The van der Waals surface area contributed by atoms with Crippen LogP contribution < -0.4 is 9.30 Å². The van der Waals surface area contributed by atoms with Crippen molar-refractivity contribution in [3.05, 3.63) is 221 Å². The van der Waals surface area contributed by atoms with Gasteiger partial charge in [-0.15, -0.1) is 29.7 Å². The van der Waals surface area contributed by atoms with E-state index in [-0.39, 0.29) is 59.8 Å². The van der Waals surface area contributed by atoms with Crippen molar-refractivity contribution >= 4 is 32.8 Å². The summed E-state index contributed by atoms with van der Waals surface area (Å²) in [4.78, 5) is 4.85. The fourth-order valence-electron chi connectivity index (χ4n) is 11.1. The standard InChI is InChI=1S/C79H82N4O.Pt/c1-50-38-64(52-22-20-23-55(40-52)74(2,3)4)73(65(39-50)53-28-32-66-67(43-53)79(16,17)36-35-78(66,14)15)82-49-81(71-44-51(29-33-69(71)82)54-41-57(76(8,9)10)45-58(42-54)77(11,12)13)59-24-21-25-60(47-59)84-61-30-31-63-62-26-18-19-27-68(62)83(70(63)48-61)72-46-56(34-37-80-72)75(5,6)7;/h18-34,37-46H,35-36H2,1-17H3;/q-2;/i1D3,14D3,15D3,16D3,17D3,28D,32D,35D2,36D2,43D;. The van der Waals surface area contributed by atoms with E-state index in [9.17, 15) is 9.60 Å². The number of benzene rings is 8. The zero-order valence-corrected chi connectivity index (χ0v) is 52.1. The summed E-state index contributed by atoms with van der Waals surface area (Å²) >= 11 is 0. The van der Waals surface area contributed by atoms with Crippen LogP contribution in [0.1, 0.15) is 192 Å². The Morgan fingerprint density at radius 3 is 1.91 bits per heavy atom. The van der Waals surface area contributed by atoms with Gasteiger partial charge in [0, 0.05) is 70.3 Å². The van der Waals surface area contributed by atoms with Gasteiger partial charge in [-0.05, 0) is 154 Å². The van der Waals surface area contributed by atoms with Gasteiger partial charge in [0.25, 0.3) is 6.33 Å². The van der Waals surface area contributed by atoms with Crippen molar-refractivity contribution in [1.82, 2.24) is 14.1 Å². The second-order valence-corrected chi connectivity index (χ2v) is 26.4. The van der Waals surface area contributed by atoms with Crippen LogP contribution in [0, 0.1) is 25.3 Å². The largest absolute Gasteiger partial charge is 0.510 e. The van der Waals surface area contributed by atoms with Crippen LogP contribution in [0.25, 0.3) is 83.4 Å². The predicted octanol–water partition coefficient (Wildman–Crippen LogP) is 20.4. The maximum absolute atomic E-state index is 10.6. The minimum Gasteiger partial charge on any atom is -0.510 e. The predicted molar refractivity (Wildman–Crippen MR) is 351 cm³/mol. The van der Waals surface area contributed by atoms with E-state index in [0.717, 1.165) is 50.2 Å². The summed E-state index contributed by atoms with van der Waals surface area (Å²) in [6, 6.07) is 44.9. The van der Waals surface area contributed by atoms with Crippen molar-refractivity contribution in [1.29, 1.82) is 0 Å². The molecule has 0 spiro atoms. The molecule has 0 N–H and O–H groups in total. The average molecular weight is 1320 g/mol. The number of pyridine rings is 1. The van der Waals surface area contributed by atoms with Gasteiger partial charge >= 0.3 is 0 Å². The first-order chi connectivity index (χ1) is 48.5. The molecule has 12 rings (SSSR count). The van der Waals surface area contributed by atoms with Crippen LogP contribution in [0.4, 0.5) is 0 Å². The molecule has 0 radical (unpaired) electrons. The number of ether oxygens (including phenoxy) is 1. The molecule has 8 aromatic carbocycles. The molecule has 1 aliphatic rings. The topological polar surface area (TPSA) is 35.9 Å². The van der Waals surface area contributed by atoms with E-state index in [2.05, 4.69) is 105 Å². The normalized spacial score (nSPS) is 20.1. The summed E-state index contributed by atoms with van der Waals surface area (Å²) in [6.07, 6.45) is -3.95.